The summed E-state index contributed by atoms with van der Waals surface area (Å²) in [5.41, 5.74) is 1.78. The van der Waals surface area contributed by atoms with Gasteiger partial charge < -0.3 is 5.32 Å². The van der Waals surface area contributed by atoms with Crippen LogP contribution in [-0.2, 0) is 0 Å². The molecule has 2 nitrogen and oxygen atoms in total. The summed E-state index contributed by atoms with van der Waals surface area (Å²) in [6, 6.07) is 5.00. The van der Waals surface area contributed by atoms with Crippen molar-refractivity contribution in [1.82, 2.24) is 10.2 Å². The highest BCUT2D eigenvalue weighted by atomic mass is 35.5. The maximum Gasteiger partial charge on any atom is 0.129 e. The third kappa shape index (κ3) is 3.78. The Morgan fingerprint density at radius 1 is 1.47 bits per heavy atom. The minimum atomic E-state index is -0.225. The normalized spacial score (nSPS) is 18.3. The molecule has 1 N–H and O–H groups in total. The fourth-order valence-corrected chi connectivity index (χ4v) is 2.69. The molecule has 1 aliphatic heterocycles. The van der Waals surface area contributed by atoms with E-state index in [4.69, 9.17) is 11.6 Å². The highest BCUT2D eigenvalue weighted by Crippen LogP contribution is 2.30. The molecule has 2 rings (SSSR count). The molecule has 1 aromatic rings. The van der Waals surface area contributed by atoms with Gasteiger partial charge in [0, 0.05) is 42.8 Å². The fraction of sp³-hybridized carbons (Fsp3) is 0.467. The smallest absolute Gasteiger partial charge is 0.129 e. The van der Waals surface area contributed by atoms with Crippen molar-refractivity contribution in [3.05, 3.63) is 46.8 Å². The monoisotopic (exact) mass is 282 g/mol. The van der Waals surface area contributed by atoms with Gasteiger partial charge in [-0.3, -0.25) is 4.90 Å². The van der Waals surface area contributed by atoms with Crippen LogP contribution in [0.1, 0.15) is 24.9 Å². The lowest BCUT2D eigenvalue weighted by atomic mass is 9.97. The van der Waals surface area contributed by atoms with E-state index in [1.807, 2.05) is 6.92 Å². The first-order chi connectivity index (χ1) is 9.08. The van der Waals surface area contributed by atoms with Gasteiger partial charge in [-0.05, 0) is 25.5 Å². The van der Waals surface area contributed by atoms with Crippen LogP contribution in [0.2, 0.25) is 5.02 Å². The molecule has 1 atom stereocenters. The first-order valence-corrected chi connectivity index (χ1v) is 7.00. The molecule has 0 saturated carbocycles. The van der Waals surface area contributed by atoms with Gasteiger partial charge in [-0.25, -0.2) is 4.39 Å². The van der Waals surface area contributed by atoms with Gasteiger partial charge in [0.25, 0.3) is 0 Å². The number of benzene rings is 1. The summed E-state index contributed by atoms with van der Waals surface area (Å²) >= 11 is 5.83. The van der Waals surface area contributed by atoms with E-state index >= 15 is 0 Å². The van der Waals surface area contributed by atoms with E-state index in [1.54, 1.807) is 12.1 Å². The Morgan fingerprint density at radius 2 is 2.16 bits per heavy atom. The van der Waals surface area contributed by atoms with Gasteiger partial charge in [0.2, 0.25) is 0 Å². The topological polar surface area (TPSA) is 15.3 Å². The van der Waals surface area contributed by atoms with Crippen molar-refractivity contribution < 1.29 is 4.39 Å². The SMILES string of the molecule is C=C(C)C[C@@H](c1ccc(Cl)cc1F)N1CCNCC1. The van der Waals surface area contributed by atoms with Crippen molar-refractivity contribution in [3.63, 3.8) is 0 Å². The minimum absolute atomic E-state index is 0.0527. The van der Waals surface area contributed by atoms with E-state index in [0.29, 0.717) is 10.6 Å². The molecular formula is C15H20ClFN2. The molecule has 0 bridgehead atoms. The summed E-state index contributed by atoms with van der Waals surface area (Å²) in [5.74, 6) is -0.225. The maximum absolute atomic E-state index is 14.1. The molecule has 4 heteroatoms. The van der Waals surface area contributed by atoms with Crippen LogP contribution in [0.15, 0.2) is 30.4 Å². The molecule has 1 aromatic carbocycles. The Hall–Kier alpha value is -0.900. The molecule has 0 aliphatic carbocycles. The summed E-state index contributed by atoms with van der Waals surface area (Å²) in [6.07, 6.45) is 0.776. The van der Waals surface area contributed by atoms with Gasteiger partial charge in [-0.1, -0.05) is 23.2 Å². The largest absolute Gasteiger partial charge is 0.314 e. The van der Waals surface area contributed by atoms with E-state index in [2.05, 4.69) is 16.8 Å². The number of halogens is 2. The van der Waals surface area contributed by atoms with E-state index in [9.17, 15) is 4.39 Å². The Bertz CT molecular complexity index is 455. The van der Waals surface area contributed by atoms with Gasteiger partial charge in [-0.15, -0.1) is 6.58 Å². The number of rotatable bonds is 4. The van der Waals surface area contributed by atoms with Crippen LogP contribution < -0.4 is 5.32 Å². The quantitative estimate of drug-likeness (QED) is 0.852. The van der Waals surface area contributed by atoms with Crippen LogP contribution in [-0.4, -0.2) is 31.1 Å². The van der Waals surface area contributed by atoms with Gasteiger partial charge in [0.1, 0.15) is 5.82 Å². The number of piperazine rings is 1. The lowest BCUT2D eigenvalue weighted by Crippen LogP contribution is -2.45. The molecule has 104 valence electrons. The molecule has 0 radical (unpaired) electrons. The van der Waals surface area contributed by atoms with E-state index in [1.165, 1.54) is 6.07 Å². The second-order valence-electron chi connectivity index (χ2n) is 5.13. The predicted octanol–water partition coefficient (Wildman–Crippen LogP) is 3.39. The van der Waals surface area contributed by atoms with Crippen molar-refractivity contribution in [3.8, 4) is 0 Å². The number of hydrogen-bond acceptors (Lipinski definition) is 2. The standard InChI is InChI=1S/C15H20ClFN2/c1-11(2)9-15(19-7-5-18-6-8-19)13-4-3-12(16)10-14(13)17/h3-4,10,15,18H,1,5-9H2,2H3/t15-/m0/s1. The average molecular weight is 283 g/mol. The molecule has 0 unspecified atom stereocenters. The molecule has 1 fully saturated rings. The molecule has 1 saturated heterocycles. The van der Waals surface area contributed by atoms with Crippen molar-refractivity contribution in [1.29, 1.82) is 0 Å². The van der Waals surface area contributed by atoms with Gasteiger partial charge in [-0.2, -0.15) is 0 Å². The Balaban J connectivity index is 2.27. The Labute approximate surface area is 119 Å². The van der Waals surface area contributed by atoms with Gasteiger partial charge >= 0.3 is 0 Å². The van der Waals surface area contributed by atoms with Crippen molar-refractivity contribution in [2.45, 2.75) is 19.4 Å². The van der Waals surface area contributed by atoms with Crippen LogP contribution in [0, 0.1) is 5.82 Å². The van der Waals surface area contributed by atoms with Gasteiger partial charge in [0.15, 0.2) is 0 Å². The van der Waals surface area contributed by atoms with Crippen molar-refractivity contribution in [2.75, 3.05) is 26.2 Å². The third-order valence-electron chi connectivity index (χ3n) is 3.46. The molecule has 0 aromatic heterocycles. The van der Waals surface area contributed by atoms with E-state index in [0.717, 1.165) is 38.2 Å². The average Bonchev–Trinajstić information content (AvgIpc) is 2.37. The molecule has 0 amide bonds. The van der Waals surface area contributed by atoms with Crippen LogP contribution in [0.4, 0.5) is 4.39 Å². The van der Waals surface area contributed by atoms with Crippen LogP contribution in [0.3, 0.4) is 0 Å². The zero-order chi connectivity index (χ0) is 13.8. The van der Waals surface area contributed by atoms with Crippen molar-refractivity contribution >= 4 is 11.6 Å². The van der Waals surface area contributed by atoms with Gasteiger partial charge in [0.05, 0.1) is 0 Å². The lowest BCUT2D eigenvalue weighted by Gasteiger charge is -2.35. The first-order valence-electron chi connectivity index (χ1n) is 6.62. The maximum atomic E-state index is 14.1. The van der Waals surface area contributed by atoms with Crippen molar-refractivity contribution in [2.24, 2.45) is 0 Å². The number of nitrogens with one attached hydrogen (secondary N) is 1. The minimum Gasteiger partial charge on any atom is -0.314 e. The molecule has 19 heavy (non-hydrogen) atoms. The highest BCUT2D eigenvalue weighted by Gasteiger charge is 2.24. The Kier molecular flexibility index (Phi) is 4.97. The second kappa shape index (κ2) is 6.51. The van der Waals surface area contributed by atoms with Crippen LogP contribution in [0.25, 0.3) is 0 Å². The Morgan fingerprint density at radius 3 is 2.74 bits per heavy atom. The zero-order valence-corrected chi connectivity index (χ0v) is 12.0. The van der Waals surface area contributed by atoms with E-state index in [-0.39, 0.29) is 11.9 Å². The fourth-order valence-electron chi connectivity index (χ4n) is 2.53. The van der Waals surface area contributed by atoms with Crippen LogP contribution >= 0.6 is 11.6 Å². The predicted molar refractivity (Wildman–Crippen MR) is 78.0 cm³/mol. The van der Waals surface area contributed by atoms with Crippen LogP contribution in [0.5, 0.6) is 0 Å². The molecule has 0 spiro atoms. The summed E-state index contributed by atoms with van der Waals surface area (Å²) in [4.78, 5) is 2.32. The summed E-state index contributed by atoms with van der Waals surface area (Å²) < 4.78 is 14.1. The molecular weight excluding hydrogens is 263 g/mol. The highest BCUT2D eigenvalue weighted by molar-refractivity contribution is 6.30. The molecule has 1 heterocycles. The first kappa shape index (κ1) is 14.5. The molecule has 1 aliphatic rings. The summed E-state index contributed by atoms with van der Waals surface area (Å²) in [6.45, 7) is 9.71. The lowest BCUT2D eigenvalue weighted by molar-refractivity contribution is 0.169. The zero-order valence-electron chi connectivity index (χ0n) is 11.3. The summed E-state index contributed by atoms with van der Waals surface area (Å²) in [7, 11) is 0. The summed E-state index contributed by atoms with van der Waals surface area (Å²) in [5, 5.41) is 3.76. The van der Waals surface area contributed by atoms with E-state index < -0.39 is 0 Å². The number of nitrogens with zero attached hydrogens (tertiary/aromatic N) is 1. The third-order valence-corrected chi connectivity index (χ3v) is 3.69. The number of hydrogen-bond donors (Lipinski definition) is 1. The second-order valence-corrected chi connectivity index (χ2v) is 5.57.